The Labute approximate surface area is 85.4 Å². The molecule has 0 saturated heterocycles. The zero-order valence-corrected chi connectivity index (χ0v) is 7.86. The second-order valence-electron chi connectivity index (χ2n) is 3.78. The van der Waals surface area contributed by atoms with Crippen molar-refractivity contribution in [2.75, 3.05) is 11.5 Å². The van der Waals surface area contributed by atoms with Gasteiger partial charge in [-0.2, -0.15) is 0 Å². The number of aliphatic hydroxyl groups is 1. The Hall–Kier alpha value is -1.82. The van der Waals surface area contributed by atoms with E-state index in [1.807, 2.05) is 0 Å². The smallest absolute Gasteiger partial charge is 0.183 e. The minimum Gasteiger partial charge on any atom is -0.505 e. The maximum atomic E-state index is 9.77. The molecule has 2 rings (SSSR count). The fourth-order valence-electron chi connectivity index (χ4n) is 1.56. The van der Waals surface area contributed by atoms with Gasteiger partial charge in [0, 0.05) is 0 Å². The topological polar surface area (TPSA) is 133 Å². The molecule has 1 aliphatic rings. The van der Waals surface area contributed by atoms with E-state index in [-0.39, 0.29) is 16.9 Å². The van der Waals surface area contributed by atoms with Gasteiger partial charge in [0.05, 0.1) is 11.2 Å². The van der Waals surface area contributed by atoms with E-state index < -0.39 is 22.8 Å². The number of benzene rings is 1. The molecule has 0 unspecified atom stereocenters. The molecule has 0 spiro atoms. The number of phenols is 3. The Bertz CT molecular complexity index is 411. The molecule has 0 bridgehead atoms. The van der Waals surface area contributed by atoms with E-state index in [4.69, 9.17) is 11.5 Å². The molecule has 82 valence electrons. The molecule has 15 heavy (non-hydrogen) atoms. The quantitative estimate of drug-likeness (QED) is 0.219. The van der Waals surface area contributed by atoms with Gasteiger partial charge >= 0.3 is 0 Å². The van der Waals surface area contributed by atoms with Crippen molar-refractivity contribution in [1.29, 1.82) is 0 Å². The Morgan fingerprint density at radius 2 is 1.33 bits per heavy atom. The summed E-state index contributed by atoms with van der Waals surface area (Å²) < 4.78 is 0. The van der Waals surface area contributed by atoms with Crippen LogP contribution in [-0.4, -0.2) is 20.4 Å². The van der Waals surface area contributed by atoms with Gasteiger partial charge in [0.15, 0.2) is 17.2 Å². The molecule has 1 saturated carbocycles. The van der Waals surface area contributed by atoms with Crippen molar-refractivity contribution in [2.24, 2.45) is 0 Å². The van der Waals surface area contributed by atoms with Gasteiger partial charge in [0.1, 0.15) is 11.4 Å². The van der Waals surface area contributed by atoms with Crippen LogP contribution in [0.4, 0.5) is 11.4 Å². The summed E-state index contributed by atoms with van der Waals surface area (Å²) in [6.45, 7) is 0. The number of hydrogen-bond acceptors (Lipinski definition) is 6. The van der Waals surface area contributed by atoms with Crippen molar-refractivity contribution in [3.05, 3.63) is 5.56 Å². The number of phenolic OH excluding ortho intramolecular Hbond substituents is 3. The molecule has 1 aromatic rings. The lowest BCUT2D eigenvalue weighted by Gasteiger charge is -2.17. The summed E-state index contributed by atoms with van der Waals surface area (Å²) in [7, 11) is 0. The predicted molar refractivity (Wildman–Crippen MR) is 53.4 cm³/mol. The third-order valence-electron chi connectivity index (χ3n) is 2.69. The summed E-state index contributed by atoms with van der Waals surface area (Å²) in [5.41, 5.74) is 8.79. The third kappa shape index (κ3) is 1.15. The molecule has 1 aliphatic carbocycles. The van der Waals surface area contributed by atoms with E-state index in [1.54, 1.807) is 0 Å². The highest BCUT2D eigenvalue weighted by atomic mass is 16.3. The summed E-state index contributed by atoms with van der Waals surface area (Å²) in [6.07, 6.45) is 0.799. The number of anilines is 2. The van der Waals surface area contributed by atoms with Crippen molar-refractivity contribution in [2.45, 2.75) is 18.4 Å². The minimum absolute atomic E-state index is 0.147. The van der Waals surface area contributed by atoms with E-state index in [0.717, 1.165) is 0 Å². The van der Waals surface area contributed by atoms with E-state index in [1.165, 1.54) is 0 Å². The number of rotatable bonds is 1. The van der Waals surface area contributed by atoms with Crippen LogP contribution in [0.25, 0.3) is 0 Å². The highest BCUT2D eigenvalue weighted by Crippen LogP contribution is 2.57. The lowest BCUT2D eigenvalue weighted by Crippen LogP contribution is -2.08. The number of nitrogens with two attached hydrogens (primary N) is 2. The molecule has 0 atom stereocenters. The van der Waals surface area contributed by atoms with E-state index in [9.17, 15) is 20.4 Å². The molecule has 6 nitrogen and oxygen atoms in total. The molecule has 0 aromatic heterocycles. The van der Waals surface area contributed by atoms with Crippen LogP contribution < -0.4 is 11.5 Å². The van der Waals surface area contributed by atoms with Gasteiger partial charge in [-0.1, -0.05) is 0 Å². The average Bonchev–Trinajstić information content (AvgIpc) is 2.91. The average molecular weight is 212 g/mol. The van der Waals surface area contributed by atoms with Crippen molar-refractivity contribution in [1.82, 2.24) is 0 Å². The van der Waals surface area contributed by atoms with Crippen LogP contribution in [-0.2, 0) is 5.60 Å². The maximum Gasteiger partial charge on any atom is 0.183 e. The molecular weight excluding hydrogens is 200 g/mol. The highest BCUT2D eigenvalue weighted by Gasteiger charge is 2.47. The number of nitrogen functional groups attached to an aromatic ring is 2. The largest absolute Gasteiger partial charge is 0.505 e. The van der Waals surface area contributed by atoms with Crippen molar-refractivity contribution >= 4 is 11.4 Å². The number of aromatic hydroxyl groups is 3. The second-order valence-corrected chi connectivity index (χ2v) is 3.78. The van der Waals surface area contributed by atoms with Gasteiger partial charge in [-0.25, -0.2) is 0 Å². The molecule has 0 radical (unpaired) electrons. The van der Waals surface area contributed by atoms with Gasteiger partial charge in [-0.15, -0.1) is 0 Å². The van der Waals surface area contributed by atoms with Crippen LogP contribution in [0.3, 0.4) is 0 Å². The van der Waals surface area contributed by atoms with Gasteiger partial charge in [0.25, 0.3) is 0 Å². The molecule has 8 N–H and O–H groups in total. The molecule has 0 aliphatic heterocycles. The van der Waals surface area contributed by atoms with E-state index in [0.29, 0.717) is 12.8 Å². The Kier molecular flexibility index (Phi) is 1.69. The SMILES string of the molecule is Nc1c(N)c(O)c(C2(O)CC2)c(O)c1O. The summed E-state index contributed by atoms with van der Waals surface area (Å²) >= 11 is 0. The third-order valence-corrected chi connectivity index (χ3v) is 2.69. The monoisotopic (exact) mass is 212 g/mol. The molecule has 6 heteroatoms. The summed E-state index contributed by atoms with van der Waals surface area (Å²) in [6, 6.07) is 0. The van der Waals surface area contributed by atoms with E-state index in [2.05, 4.69) is 0 Å². The van der Waals surface area contributed by atoms with Crippen LogP contribution in [0.1, 0.15) is 18.4 Å². The lowest BCUT2D eigenvalue weighted by atomic mass is 10.0. The standard InChI is InChI=1S/C9H12N2O4/c10-4-5(11)8(14)7(13)3(6(4)12)9(15)1-2-9/h12-15H,1-2,10-11H2. The van der Waals surface area contributed by atoms with Crippen LogP contribution in [0.2, 0.25) is 0 Å². The van der Waals surface area contributed by atoms with Crippen molar-refractivity contribution in [3.8, 4) is 17.2 Å². The van der Waals surface area contributed by atoms with Crippen LogP contribution in [0.5, 0.6) is 17.2 Å². The van der Waals surface area contributed by atoms with E-state index >= 15 is 0 Å². The molecule has 1 aromatic carbocycles. The summed E-state index contributed by atoms with van der Waals surface area (Å²) in [5, 5.41) is 38.4. The van der Waals surface area contributed by atoms with Crippen LogP contribution in [0, 0.1) is 0 Å². The molecule has 0 amide bonds. The lowest BCUT2D eigenvalue weighted by molar-refractivity contribution is 0.143. The first-order valence-corrected chi connectivity index (χ1v) is 4.43. The fourth-order valence-corrected chi connectivity index (χ4v) is 1.56. The predicted octanol–water partition coefficient (Wildman–Crippen LogP) is -0.0508. The van der Waals surface area contributed by atoms with Crippen molar-refractivity contribution in [3.63, 3.8) is 0 Å². The zero-order chi connectivity index (χ0) is 11.4. The Morgan fingerprint density at radius 1 is 0.867 bits per heavy atom. The Balaban J connectivity index is 2.74. The van der Waals surface area contributed by atoms with Gasteiger partial charge < -0.3 is 31.9 Å². The van der Waals surface area contributed by atoms with Gasteiger partial charge in [-0.3, -0.25) is 0 Å². The first-order chi connectivity index (χ1) is 6.88. The second kappa shape index (κ2) is 2.60. The summed E-state index contributed by atoms with van der Waals surface area (Å²) in [5.74, 6) is -1.69. The fraction of sp³-hybridized carbons (Fsp3) is 0.333. The maximum absolute atomic E-state index is 9.77. The first kappa shape index (κ1) is 9.72. The molecule has 0 heterocycles. The molecular formula is C9H12N2O4. The Morgan fingerprint density at radius 3 is 1.80 bits per heavy atom. The summed E-state index contributed by atoms with van der Waals surface area (Å²) in [4.78, 5) is 0. The van der Waals surface area contributed by atoms with Crippen molar-refractivity contribution < 1.29 is 20.4 Å². The van der Waals surface area contributed by atoms with Crippen LogP contribution >= 0.6 is 0 Å². The zero-order valence-electron chi connectivity index (χ0n) is 7.86. The molecule has 1 fully saturated rings. The number of hydrogen-bond donors (Lipinski definition) is 6. The normalized spacial score (nSPS) is 17.7. The van der Waals surface area contributed by atoms with Crippen LogP contribution in [0.15, 0.2) is 0 Å². The highest BCUT2D eigenvalue weighted by molar-refractivity contribution is 5.83. The minimum atomic E-state index is -1.30. The first-order valence-electron chi connectivity index (χ1n) is 4.43. The van der Waals surface area contributed by atoms with Gasteiger partial charge in [0.2, 0.25) is 0 Å². The van der Waals surface area contributed by atoms with Gasteiger partial charge in [-0.05, 0) is 12.8 Å².